The number of phenols is 1. The zero-order valence-electron chi connectivity index (χ0n) is 14.1. The number of aromatic hydroxyl groups is 1. The molecule has 1 aromatic carbocycles. The van der Waals surface area contributed by atoms with E-state index in [0.717, 1.165) is 23.3 Å². The van der Waals surface area contributed by atoms with Crippen molar-refractivity contribution in [2.45, 2.75) is 45.1 Å². The van der Waals surface area contributed by atoms with Gasteiger partial charge in [-0.05, 0) is 43.5 Å². The molecule has 2 N–H and O–H groups in total. The third-order valence-electron chi connectivity index (χ3n) is 4.29. The fraction of sp³-hybridized carbons (Fsp3) is 0.389. The minimum Gasteiger partial charge on any atom is -0.507 e. The number of rotatable bonds is 4. The van der Waals surface area contributed by atoms with Crippen LogP contribution >= 0.6 is 11.3 Å². The first-order valence-electron chi connectivity index (χ1n) is 8.36. The van der Waals surface area contributed by atoms with Gasteiger partial charge in [0.2, 0.25) is 4.80 Å². The smallest absolute Gasteiger partial charge is 0.339 e. The van der Waals surface area contributed by atoms with Crippen molar-refractivity contribution in [3.05, 3.63) is 45.2 Å². The number of carboxylic acid groups (broad SMARTS) is 1. The SMILES string of the molecule is Cc1csc(=NC2CCCCC2)n1/N=C/c1ccc(O)c(C(=O)O)c1. The number of carboxylic acids is 1. The van der Waals surface area contributed by atoms with E-state index >= 15 is 0 Å². The summed E-state index contributed by atoms with van der Waals surface area (Å²) in [6.07, 6.45) is 7.59. The van der Waals surface area contributed by atoms with E-state index in [4.69, 9.17) is 10.1 Å². The van der Waals surface area contributed by atoms with Gasteiger partial charge in [-0.25, -0.2) is 9.47 Å². The Bertz CT molecular complexity index is 861. The van der Waals surface area contributed by atoms with Crippen LogP contribution in [-0.4, -0.2) is 33.1 Å². The molecule has 0 saturated heterocycles. The van der Waals surface area contributed by atoms with E-state index < -0.39 is 5.97 Å². The molecule has 1 aromatic heterocycles. The van der Waals surface area contributed by atoms with Crippen molar-refractivity contribution < 1.29 is 15.0 Å². The Balaban J connectivity index is 1.89. The van der Waals surface area contributed by atoms with Crippen molar-refractivity contribution in [2.75, 3.05) is 0 Å². The van der Waals surface area contributed by atoms with Crippen LogP contribution in [0.25, 0.3) is 0 Å². The van der Waals surface area contributed by atoms with E-state index in [1.165, 1.54) is 31.4 Å². The van der Waals surface area contributed by atoms with Crippen LogP contribution in [0.1, 0.15) is 53.7 Å². The molecule has 6 nitrogen and oxygen atoms in total. The molecule has 1 aliphatic carbocycles. The lowest BCUT2D eigenvalue weighted by molar-refractivity contribution is 0.0693. The third-order valence-corrected chi connectivity index (χ3v) is 5.24. The first-order chi connectivity index (χ1) is 12.0. The third kappa shape index (κ3) is 4.17. The lowest BCUT2D eigenvalue weighted by atomic mass is 9.96. The summed E-state index contributed by atoms with van der Waals surface area (Å²) in [4.78, 5) is 16.8. The van der Waals surface area contributed by atoms with Gasteiger partial charge < -0.3 is 10.2 Å². The highest BCUT2D eigenvalue weighted by Gasteiger charge is 2.13. The van der Waals surface area contributed by atoms with Crippen molar-refractivity contribution in [3.63, 3.8) is 0 Å². The van der Waals surface area contributed by atoms with E-state index in [0.29, 0.717) is 11.6 Å². The monoisotopic (exact) mass is 359 g/mol. The minimum absolute atomic E-state index is 0.136. The number of hydrogen-bond acceptors (Lipinski definition) is 5. The summed E-state index contributed by atoms with van der Waals surface area (Å²) in [5, 5.41) is 25.2. The molecule has 1 aliphatic rings. The average molecular weight is 359 g/mol. The Kier molecular flexibility index (Phi) is 5.33. The molecule has 0 unspecified atom stereocenters. The van der Waals surface area contributed by atoms with E-state index in [-0.39, 0.29) is 11.3 Å². The highest BCUT2D eigenvalue weighted by molar-refractivity contribution is 7.07. The molecule has 0 atom stereocenters. The molecule has 1 saturated carbocycles. The van der Waals surface area contributed by atoms with Gasteiger partial charge in [0.25, 0.3) is 0 Å². The number of carbonyl (C=O) groups is 1. The van der Waals surface area contributed by atoms with Gasteiger partial charge in [0.05, 0.1) is 18.0 Å². The molecule has 0 radical (unpaired) electrons. The van der Waals surface area contributed by atoms with Crippen molar-refractivity contribution in [1.82, 2.24) is 4.68 Å². The Morgan fingerprint density at radius 3 is 2.80 bits per heavy atom. The maximum atomic E-state index is 11.1. The highest BCUT2D eigenvalue weighted by Crippen LogP contribution is 2.20. The summed E-state index contributed by atoms with van der Waals surface area (Å²) >= 11 is 1.56. The lowest BCUT2D eigenvalue weighted by Gasteiger charge is -2.16. The molecule has 1 heterocycles. The molecule has 3 rings (SSSR count). The predicted molar refractivity (Wildman–Crippen MR) is 97.5 cm³/mol. The predicted octanol–water partition coefficient (Wildman–Crippen LogP) is 3.38. The van der Waals surface area contributed by atoms with E-state index in [1.54, 1.807) is 28.3 Å². The summed E-state index contributed by atoms with van der Waals surface area (Å²) in [6, 6.07) is 4.76. The van der Waals surface area contributed by atoms with Gasteiger partial charge in [-0.15, -0.1) is 11.3 Å². The van der Waals surface area contributed by atoms with Crippen LogP contribution in [0.5, 0.6) is 5.75 Å². The van der Waals surface area contributed by atoms with Crippen molar-refractivity contribution in [2.24, 2.45) is 10.1 Å². The second-order valence-electron chi connectivity index (χ2n) is 6.22. The van der Waals surface area contributed by atoms with Crippen LogP contribution in [0.15, 0.2) is 33.7 Å². The number of benzene rings is 1. The number of aryl methyl sites for hydroxylation is 1. The van der Waals surface area contributed by atoms with Gasteiger partial charge in [0.15, 0.2) is 0 Å². The quantitative estimate of drug-likeness (QED) is 0.821. The maximum Gasteiger partial charge on any atom is 0.339 e. The van der Waals surface area contributed by atoms with E-state index in [1.807, 2.05) is 12.3 Å². The largest absolute Gasteiger partial charge is 0.507 e. The maximum absolute atomic E-state index is 11.1. The molecular weight excluding hydrogens is 338 g/mol. The summed E-state index contributed by atoms with van der Waals surface area (Å²) in [5.41, 5.74) is 1.45. The van der Waals surface area contributed by atoms with Gasteiger partial charge in [-0.3, -0.25) is 4.99 Å². The number of hydrogen-bond donors (Lipinski definition) is 2. The Labute approximate surface area is 149 Å². The molecule has 7 heteroatoms. The molecule has 0 aliphatic heterocycles. The summed E-state index contributed by atoms with van der Waals surface area (Å²) in [6.45, 7) is 1.97. The Hall–Kier alpha value is -2.41. The minimum atomic E-state index is -1.17. The first-order valence-corrected chi connectivity index (χ1v) is 9.24. The fourth-order valence-electron chi connectivity index (χ4n) is 2.91. The van der Waals surface area contributed by atoms with Crippen LogP contribution in [0, 0.1) is 6.92 Å². The Morgan fingerprint density at radius 2 is 2.08 bits per heavy atom. The molecule has 25 heavy (non-hydrogen) atoms. The van der Waals surface area contributed by atoms with Crippen LogP contribution in [0.4, 0.5) is 0 Å². The van der Waals surface area contributed by atoms with Gasteiger partial charge in [0, 0.05) is 5.38 Å². The van der Waals surface area contributed by atoms with E-state index in [2.05, 4.69) is 5.10 Å². The number of aromatic nitrogens is 1. The normalized spacial score (nSPS) is 16.6. The fourth-order valence-corrected chi connectivity index (χ4v) is 3.79. The lowest BCUT2D eigenvalue weighted by Crippen LogP contribution is -2.19. The standard InChI is InChI=1S/C18H21N3O3S/c1-12-11-25-18(20-14-5-3-2-4-6-14)21(12)19-10-13-7-8-16(22)15(9-13)17(23)24/h7-11,14,22H,2-6H2,1H3,(H,23,24)/b19-10+,20-18?. The van der Waals surface area contributed by atoms with Crippen LogP contribution in [-0.2, 0) is 0 Å². The molecule has 0 amide bonds. The molecule has 2 aromatic rings. The zero-order chi connectivity index (χ0) is 17.8. The molecule has 0 spiro atoms. The summed E-state index contributed by atoms with van der Waals surface area (Å²) < 4.78 is 1.78. The first kappa shape index (κ1) is 17.4. The second-order valence-corrected chi connectivity index (χ2v) is 7.06. The van der Waals surface area contributed by atoms with Crippen molar-refractivity contribution >= 4 is 23.5 Å². The summed E-state index contributed by atoms with van der Waals surface area (Å²) in [7, 11) is 0. The molecule has 0 bridgehead atoms. The van der Waals surface area contributed by atoms with Gasteiger partial charge in [-0.1, -0.05) is 19.3 Å². The molecular formula is C18H21N3O3S. The second kappa shape index (κ2) is 7.65. The van der Waals surface area contributed by atoms with Crippen LogP contribution in [0.2, 0.25) is 0 Å². The van der Waals surface area contributed by atoms with Crippen LogP contribution in [0.3, 0.4) is 0 Å². The van der Waals surface area contributed by atoms with Gasteiger partial charge in [-0.2, -0.15) is 5.10 Å². The number of thiazole rings is 1. The number of nitrogens with zero attached hydrogens (tertiary/aromatic N) is 3. The van der Waals surface area contributed by atoms with E-state index in [9.17, 15) is 9.90 Å². The highest BCUT2D eigenvalue weighted by atomic mass is 32.1. The van der Waals surface area contributed by atoms with Crippen LogP contribution < -0.4 is 4.80 Å². The van der Waals surface area contributed by atoms with Gasteiger partial charge >= 0.3 is 5.97 Å². The molecule has 1 fully saturated rings. The van der Waals surface area contributed by atoms with Gasteiger partial charge in [0.1, 0.15) is 11.3 Å². The average Bonchev–Trinajstić information content (AvgIpc) is 2.94. The Morgan fingerprint density at radius 1 is 1.32 bits per heavy atom. The van der Waals surface area contributed by atoms with Crippen molar-refractivity contribution in [3.8, 4) is 5.75 Å². The topological polar surface area (TPSA) is 87.2 Å². The summed E-state index contributed by atoms with van der Waals surface area (Å²) in [5.74, 6) is -1.42. The number of aromatic carboxylic acids is 1. The van der Waals surface area contributed by atoms with Crippen molar-refractivity contribution in [1.29, 1.82) is 0 Å². The molecule has 132 valence electrons. The zero-order valence-corrected chi connectivity index (χ0v) is 14.9.